The molecule has 3 heterocycles. The maximum atomic E-state index is 14.4. The fraction of sp³-hybridized carbons (Fsp3) is 0.537. The third-order valence-corrected chi connectivity index (χ3v) is 13.5. The van der Waals surface area contributed by atoms with Crippen molar-refractivity contribution in [1.29, 1.82) is 0 Å². The lowest BCUT2D eigenvalue weighted by molar-refractivity contribution is -0.140. The average Bonchev–Trinajstić information content (AvgIpc) is 4.06. The lowest BCUT2D eigenvalue weighted by Crippen LogP contribution is -2.42. The van der Waals surface area contributed by atoms with Gasteiger partial charge in [-0.3, -0.25) is 24.1 Å². The number of allylic oxidation sites excluding steroid dienone is 2. The van der Waals surface area contributed by atoms with E-state index in [4.69, 9.17) is 19.4 Å². The van der Waals surface area contributed by atoms with Crippen LogP contribution >= 0.6 is 0 Å². The van der Waals surface area contributed by atoms with Crippen molar-refractivity contribution in [3.63, 3.8) is 0 Å². The molecule has 7 rings (SSSR count). The van der Waals surface area contributed by atoms with Gasteiger partial charge < -0.3 is 14.4 Å². The molecule has 2 amide bonds. The number of amides is 2. The van der Waals surface area contributed by atoms with E-state index in [1.54, 1.807) is 19.1 Å². The molecule has 3 aromatic rings. The van der Waals surface area contributed by atoms with Crippen LogP contribution in [-0.2, 0) is 24.4 Å². The average molecular weight is 743 g/mol. The highest BCUT2D eigenvalue weighted by Crippen LogP contribution is 2.58. The normalized spacial score (nSPS) is 27.2. The van der Waals surface area contributed by atoms with Crippen molar-refractivity contribution >= 4 is 38.5 Å². The highest BCUT2D eigenvalue weighted by molar-refractivity contribution is 7.90. The largest absolute Gasteiger partial charge is 0.496 e. The zero-order chi connectivity index (χ0) is 37.7. The summed E-state index contributed by atoms with van der Waals surface area (Å²) in [7, 11) is -0.386. The number of benzene rings is 1. The molecule has 0 bridgehead atoms. The van der Waals surface area contributed by atoms with E-state index in [1.165, 1.54) is 0 Å². The van der Waals surface area contributed by atoms with E-state index in [2.05, 4.69) is 18.6 Å². The molecule has 5 atom stereocenters. The second-order valence-electron chi connectivity index (χ2n) is 15.8. The molecule has 1 aromatic carbocycles. The standard InChI is InChI=1S/C41H50N4O7S/c1-24(2)32-12-10-13-33(42-32)34-21-37(29-16-17-36(51-5)25(3)38(29)43-34)52-27-19-30-31(20-27)39(47)45(4)18-9-7-6-8-11-26-22-41(26,23-35(30)46)40(48)44-53(49,50)28-14-15-28/h8,10-13,16-17,21,24,26-28,30-31H,6-7,9,14-15,18-20,22-23H2,1-5H3,(H,44,48)/b11-8-/t26-,27-,30-,31?,41-/m1/s1. The van der Waals surface area contributed by atoms with Gasteiger partial charge in [0.2, 0.25) is 21.8 Å². The summed E-state index contributed by atoms with van der Waals surface area (Å²) in [5.41, 5.74) is 2.69. The first-order valence-corrected chi connectivity index (χ1v) is 20.5. The van der Waals surface area contributed by atoms with E-state index in [1.807, 2.05) is 55.5 Å². The van der Waals surface area contributed by atoms with Gasteiger partial charge in [0.1, 0.15) is 23.4 Å². The number of pyridine rings is 2. The van der Waals surface area contributed by atoms with Crippen LogP contribution in [0.2, 0.25) is 0 Å². The minimum Gasteiger partial charge on any atom is -0.496 e. The van der Waals surface area contributed by atoms with Crippen LogP contribution in [-0.4, -0.2) is 72.9 Å². The van der Waals surface area contributed by atoms with Crippen molar-refractivity contribution in [3.05, 3.63) is 59.8 Å². The van der Waals surface area contributed by atoms with Crippen LogP contribution in [0.25, 0.3) is 22.3 Å². The van der Waals surface area contributed by atoms with Crippen LogP contribution in [0.3, 0.4) is 0 Å². The Balaban J connectivity index is 1.22. The zero-order valence-electron chi connectivity index (χ0n) is 31.3. The van der Waals surface area contributed by atoms with Crippen LogP contribution < -0.4 is 14.2 Å². The number of hydrogen-bond acceptors (Lipinski definition) is 9. The first-order chi connectivity index (χ1) is 25.3. The third-order valence-electron chi connectivity index (χ3n) is 11.7. The second kappa shape index (κ2) is 14.5. The smallest absolute Gasteiger partial charge is 0.240 e. The molecule has 0 radical (unpaired) electrons. The van der Waals surface area contributed by atoms with Crippen molar-refractivity contribution < 1.29 is 32.3 Å². The van der Waals surface area contributed by atoms with Crippen LogP contribution in [0, 0.1) is 30.1 Å². The van der Waals surface area contributed by atoms with Crippen molar-refractivity contribution in [3.8, 4) is 22.9 Å². The Kier molecular flexibility index (Phi) is 10.1. The van der Waals surface area contributed by atoms with Gasteiger partial charge in [0.25, 0.3) is 0 Å². The van der Waals surface area contributed by atoms with E-state index >= 15 is 0 Å². The summed E-state index contributed by atoms with van der Waals surface area (Å²) in [6.45, 7) is 6.71. The Hall–Kier alpha value is -4.32. The number of ketones is 1. The second-order valence-corrected chi connectivity index (χ2v) is 17.8. The molecule has 3 aliphatic carbocycles. The summed E-state index contributed by atoms with van der Waals surface area (Å²) in [5.74, 6) is -0.997. The van der Waals surface area contributed by atoms with Gasteiger partial charge in [-0.25, -0.2) is 13.4 Å². The molecule has 3 saturated carbocycles. The Morgan fingerprint density at radius 2 is 1.79 bits per heavy atom. The number of fused-ring (bicyclic) bond motifs is 3. The van der Waals surface area contributed by atoms with E-state index in [-0.39, 0.29) is 36.4 Å². The van der Waals surface area contributed by atoms with Crippen molar-refractivity contribution in [1.82, 2.24) is 19.6 Å². The van der Waals surface area contributed by atoms with E-state index in [9.17, 15) is 22.8 Å². The van der Waals surface area contributed by atoms with Gasteiger partial charge in [-0.1, -0.05) is 32.1 Å². The number of nitrogens with one attached hydrogen (secondary N) is 1. The maximum Gasteiger partial charge on any atom is 0.240 e. The number of methoxy groups -OCH3 is 1. The fourth-order valence-corrected chi connectivity index (χ4v) is 9.56. The van der Waals surface area contributed by atoms with E-state index in [0.29, 0.717) is 60.6 Å². The predicted octanol–water partition coefficient (Wildman–Crippen LogP) is 6.28. The predicted molar refractivity (Wildman–Crippen MR) is 202 cm³/mol. The molecule has 1 N–H and O–H groups in total. The molecule has 11 nitrogen and oxygen atoms in total. The van der Waals surface area contributed by atoms with Gasteiger partial charge in [-0.05, 0) is 94.4 Å². The number of aryl methyl sites for hydroxylation is 1. The summed E-state index contributed by atoms with van der Waals surface area (Å²) in [6.07, 6.45) is 7.90. The Morgan fingerprint density at radius 3 is 2.53 bits per heavy atom. The van der Waals surface area contributed by atoms with E-state index in [0.717, 1.165) is 35.9 Å². The fourth-order valence-electron chi connectivity index (χ4n) is 8.17. The van der Waals surface area contributed by atoms with Crippen molar-refractivity contribution in [2.75, 3.05) is 20.7 Å². The lowest BCUT2D eigenvalue weighted by Gasteiger charge is -2.26. The van der Waals surface area contributed by atoms with Crippen LogP contribution in [0.1, 0.15) is 88.8 Å². The van der Waals surface area contributed by atoms with Crippen LogP contribution in [0.5, 0.6) is 11.5 Å². The topological polar surface area (TPSA) is 145 Å². The number of sulfonamides is 1. The summed E-state index contributed by atoms with van der Waals surface area (Å²) in [4.78, 5) is 53.9. The molecule has 0 saturated heterocycles. The number of Topliss-reactive ketones (excluding diaryl/α,β-unsaturated/α-hetero) is 1. The number of carbonyl (C=O) groups excluding carboxylic acids is 3. The number of ether oxygens (including phenoxy) is 2. The minimum absolute atomic E-state index is 0.111. The molecule has 3 fully saturated rings. The molecule has 12 heteroatoms. The molecule has 1 aliphatic heterocycles. The molecule has 2 aromatic heterocycles. The first-order valence-electron chi connectivity index (χ1n) is 18.9. The Bertz CT molecular complexity index is 2080. The molecule has 1 unspecified atom stereocenters. The number of carbonyl (C=O) groups is 3. The molecular weight excluding hydrogens is 693 g/mol. The minimum atomic E-state index is -3.79. The van der Waals surface area contributed by atoms with Crippen molar-refractivity contribution in [2.45, 2.75) is 95.8 Å². The molecule has 0 spiro atoms. The number of rotatable bonds is 8. The monoisotopic (exact) mass is 742 g/mol. The van der Waals surface area contributed by atoms with Gasteiger partial charge in [0, 0.05) is 48.6 Å². The zero-order valence-corrected chi connectivity index (χ0v) is 32.1. The molecule has 53 heavy (non-hydrogen) atoms. The number of aromatic nitrogens is 2. The SMILES string of the molecule is COc1ccc2c(O[C@H]3CC4C(=O)N(C)CCCC/C=C\[C@@H]5C[C@@]5(C(=O)NS(=O)(=O)C5CC5)CC(=O)[C@@H]4C3)cc(-c3cccc(C(C)C)n3)nc2c1C. The van der Waals surface area contributed by atoms with Crippen molar-refractivity contribution in [2.24, 2.45) is 23.2 Å². The third kappa shape index (κ3) is 7.43. The molecular formula is C41H50N4O7S. The lowest BCUT2D eigenvalue weighted by atomic mass is 9.84. The van der Waals surface area contributed by atoms with E-state index < -0.39 is 44.5 Å². The summed E-state index contributed by atoms with van der Waals surface area (Å²) >= 11 is 0. The maximum absolute atomic E-state index is 14.4. The van der Waals surface area contributed by atoms with Gasteiger partial charge in [0.05, 0.1) is 40.6 Å². The number of nitrogens with zero attached hydrogens (tertiary/aromatic N) is 3. The first kappa shape index (κ1) is 37.0. The Labute approximate surface area is 312 Å². The number of hydrogen-bond donors (Lipinski definition) is 1. The van der Waals surface area contributed by atoms with Gasteiger partial charge in [0.15, 0.2) is 0 Å². The summed E-state index contributed by atoms with van der Waals surface area (Å²) in [5, 5.41) is 0.222. The van der Waals surface area contributed by atoms with Gasteiger partial charge >= 0.3 is 0 Å². The molecule has 282 valence electrons. The summed E-state index contributed by atoms with van der Waals surface area (Å²) in [6, 6.07) is 11.6. The van der Waals surface area contributed by atoms with Crippen LogP contribution in [0.15, 0.2) is 48.6 Å². The Morgan fingerprint density at radius 1 is 1.02 bits per heavy atom. The van der Waals surface area contributed by atoms with Gasteiger partial charge in [-0.15, -0.1) is 0 Å². The van der Waals surface area contributed by atoms with Crippen LogP contribution in [0.4, 0.5) is 0 Å². The highest BCUT2D eigenvalue weighted by atomic mass is 32.2. The summed E-state index contributed by atoms with van der Waals surface area (Å²) < 4.78 is 40.4. The highest BCUT2D eigenvalue weighted by Gasteiger charge is 2.61. The van der Waals surface area contributed by atoms with Gasteiger partial charge in [-0.2, -0.15) is 0 Å². The molecule has 4 aliphatic rings. The quantitative estimate of drug-likeness (QED) is 0.264.